The summed E-state index contributed by atoms with van der Waals surface area (Å²) in [4.78, 5) is 12.0. The quantitative estimate of drug-likeness (QED) is 0.864. The third-order valence-corrected chi connectivity index (χ3v) is 3.18. The maximum Gasteiger partial charge on any atom is 0.273 e. The molecule has 2 unspecified atom stereocenters. The molecule has 0 aliphatic carbocycles. The van der Waals surface area contributed by atoms with Crippen molar-refractivity contribution in [1.29, 1.82) is 0 Å². The highest BCUT2D eigenvalue weighted by atomic mass is 35.5. The van der Waals surface area contributed by atoms with Crippen LogP contribution in [0.5, 0.6) is 0 Å². The number of piperidine rings is 1. The Kier molecular flexibility index (Phi) is 6.27. The van der Waals surface area contributed by atoms with Gasteiger partial charge in [-0.3, -0.25) is 4.79 Å². The van der Waals surface area contributed by atoms with E-state index in [1.165, 1.54) is 0 Å². The molecule has 0 saturated carbocycles. The molecule has 1 aromatic rings. The number of ether oxygens (including phenoxy) is 1. The lowest BCUT2D eigenvalue weighted by molar-refractivity contribution is 0.0904. The fraction of sp³-hybridized carbons (Fsp3) is 0.667. The Morgan fingerprint density at radius 2 is 2.47 bits per heavy atom. The summed E-state index contributed by atoms with van der Waals surface area (Å²) < 4.78 is 9.91. The Hall–Kier alpha value is -1.11. The molecule has 1 fully saturated rings. The molecule has 1 aliphatic rings. The van der Waals surface area contributed by atoms with E-state index in [0.717, 1.165) is 19.5 Å². The van der Waals surface area contributed by atoms with Crippen LogP contribution in [0.1, 0.15) is 29.6 Å². The number of methoxy groups -OCH3 is 1. The summed E-state index contributed by atoms with van der Waals surface area (Å²) in [7, 11) is 1.57. The monoisotopic (exact) mass is 289 g/mol. The summed E-state index contributed by atoms with van der Waals surface area (Å²) in [6, 6.07) is 1.81. The molecule has 2 rings (SSSR count). The molecule has 19 heavy (non-hydrogen) atoms. The van der Waals surface area contributed by atoms with Gasteiger partial charge in [-0.2, -0.15) is 0 Å². The van der Waals surface area contributed by atoms with Crippen molar-refractivity contribution >= 4 is 18.3 Å². The van der Waals surface area contributed by atoms with Crippen LogP contribution in [0.4, 0.5) is 0 Å². The van der Waals surface area contributed by atoms with Gasteiger partial charge in [-0.15, -0.1) is 12.4 Å². The van der Waals surface area contributed by atoms with E-state index in [4.69, 9.17) is 9.26 Å². The van der Waals surface area contributed by atoms with Crippen molar-refractivity contribution in [2.24, 2.45) is 5.92 Å². The summed E-state index contributed by atoms with van der Waals surface area (Å²) in [6.07, 6.45) is 0.940. The van der Waals surface area contributed by atoms with Gasteiger partial charge in [0.2, 0.25) is 0 Å². The van der Waals surface area contributed by atoms with Crippen LogP contribution in [-0.2, 0) is 11.3 Å². The first kappa shape index (κ1) is 15.9. The molecule has 6 nitrogen and oxygen atoms in total. The summed E-state index contributed by atoms with van der Waals surface area (Å²) >= 11 is 0. The van der Waals surface area contributed by atoms with Gasteiger partial charge in [0.25, 0.3) is 5.91 Å². The first-order valence-corrected chi connectivity index (χ1v) is 6.17. The van der Waals surface area contributed by atoms with Crippen LogP contribution in [0, 0.1) is 5.92 Å². The Bertz CT molecular complexity index is 411. The number of hydrogen-bond donors (Lipinski definition) is 2. The second-order valence-electron chi connectivity index (χ2n) is 4.66. The molecular formula is C12H20ClN3O3. The lowest BCUT2D eigenvalue weighted by Gasteiger charge is -2.29. The minimum atomic E-state index is -0.181. The van der Waals surface area contributed by atoms with Gasteiger partial charge in [-0.25, -0.2) is 0 Å². The molecule has 2 heterocycles. The van der Waals surface area contributed by atoms with Crippen molar-refractivity contribution in [3.63, 3.8) is 0 Å². The molecule has 1 aromatic heterocycles. The van der Waals surface area contributed by atoms with Crippen LogP contribution in [0.25, 0.3) is 0 Å². The largest absolute Gasteiger partial charge is 0.377 e. The normalized spacial score (nSPS) is 22.6. The van der Waals surface area contributed by atoms with E-state index in [1.54, 1.807) is 13.2 Å². The maximum atomic E-state index is 12.0. The first-order chi connectivity index (χ1) is 8.70. The molecule has 0 aromatic carbocycles. The molecule has 108 valence electrons. The first-order valence-electron chi connectivity index (χ1n) is 6.17. The minimum absolute atomic E-state index is 0. The Morgan fingerprint density at radius 1 is 1.68 bits per heavy atom. The number of nitrogens with zero attached hydrogens (tertiary/aromatic N) is 1. The molecule has 1 amide bonds. The highest BCUT2D eigenvalue weighted by Crippen LogP contribution is 2.12. The smallest absolute Gasteiger partial charge is 0.273 e. The van der Waals surface area contributed by atoms with Gasteiger partial charge in [0, 0.05) is 19.2 Å². The summed E-state index contributed by atoms with van der Waals surface area (Å²) in [5.74, 6) is 0.800. The highest BCUT2D eigenvalue weighted by Gasteiger charge is 2.24. The molecule has 1 saturated heterocycles. The summed E-state index contributed by atoms with van der Waals surface area (Å²) in [6.45, 7) is 4.31. The molecule has 0 radical (unpaired) electrons. The molecule has 2 atom stereocenters. The Labute approximate surface area is 118 Å². The molecule has 1 aliphatic heterocycles. The van der Waals surface area contributed by atoms with Crippen molar-refractivity contribution in [3.05, 3.63) is 17.5 Å². The summed E-state index contributed by atoms with van der Waals surface area (Å²) in [5, 5.41) is 10.0. The highest BCUT2D eigenvalue weighted by molar-refractivity contribution is 5.92. The zero-order valence-electron chi connectivity index (χ0n) is 11.1. The zero-order chi connectivity index (χ0) is 13.0. The van der Waals surface area contributed by atoms with E-state index >= 15 is 0 Å². The van der Waals surface area contributed by atoms with E-state index in [2.05, 4.69) is 22.7 Å². The topological polar surface area (TPSA) is 76.4 Å². The SMILES string of the molecule is COCc1cc(C(=O)NC2CCNCC2C)no1.Cl. The molecule has 2 N–H and O–H groups in total. The van der Waals surface area contributed by atoms with E-state index in [-0.39, 0.29) is 24.4 Å². The number of carbonyl (C=O) groups is 1. The van der Waals surface area contributed by atoms with Gasteiger partial charge in [0.05, 0.1) is 0 Å². The number of rotatable bonds is 4. The van der Waals surface area contributed by atoms with E-state index in [0.29, 0.717) is 24.0 Å². The van der Waals surface area contributed by atoms with E-state index in [1.807, 2.05) is 0 Å². The molecular weight excluding hydrogens is 270 g/mol. The third kappa shape index (κ3) is 4.19. The van der Waals surface area contributed by atoms with Gasteiger partial charge in [0.1, 0.15) is 6.61 Å². The fourth-order valence-corrected chi connectivity index (χ4v) is 2.10. The van der Waals surface area contributed by atoms with Crippen molar-refractivity contribution in [3.8, 4) is 0 Å². The number of carbonyl (C=O) groups excluding carboxylic acids is 1. The van der Waals surface area contributed by atoms with E-state index in [9.17, 15) is 4.79 Å². The summed E-state index contributed by atoms with van der Waals surface area (Å²) in [5.41, 5.74) is 0.313. The van der Waals surface area contributed by atoms with Gasteiger partial charge >= 0.3 is 0 Å². The van der Waals surface area contributed by atoms with Gasteiger partial charge in [-0.05, 0) is 25.4 Å². The average Bonchev–Trinajstić information content (AvgIpc) is 2.81. The third-order valence-electron chi connectivity index (χ3n) is 3.18. The van der Waals surface area contributed by atoms with Crippen LogP contribution in [0.2, 0.25) is 0 Å². The Balaban J connectivity index is 0.00000180. The van der Waals surface area contributed by atoms with Gasteiger partial charge in [0.15, 0.2) is 11.5 Å². The number of aromatic nitrogens is 1. The minimum Gasteiger partial charge on any atom is -0.377 e. The maximum absolute atomic E-state index is 12.0. The standard InChI is InChI=1S/C12H19N3O3.ClH/c1-8-6-13-4-3-10(8)14-12(16)11-5-9(7-17-2)18-15-11;/h5,8,10,13H,3-4,6-7H2,1-2H3,(H,14,16);1H. The van der Waals surface area contributed by atoms with Crippen molar-refractivity contribution in [2.45, 2.75) is 26.0 Å². The predicted octanol–water partition coefficient (Wildman–Crippen LogP) is 0.971. The van der Waals surface area contributed by atoms with Crippen LogP contribution >= 0.6 is 12.4 Å². The lowest BCUT2D eigenvalue weighted by atomic mass is 9.95. The molecule has 0 spiro atoms. The Morgan fingerprint density at radius 3 is 3.16 bits per heavy atom. The van der Waals surface area contributed by atoms with Crippen molar-refractivity contribution in [1.82, 2.24) is 15.8 Å². The van der Waals surface area contributed by atoms with Crippen LogP contribution in [0.3, 0.4) is 0 Å². The number of halogens is 1. The lowest BCUT2D eigenvalue weighted by Crippen LogP contribution is -2.48. The predicted molar refractivity (Wildman–Crippen MR) is 72.4 cm³/mol. The zero-order valence-corrected chi connectivity index (χ0v) is 12.0. The average molecular weight is 290 g/mol. The van der Waals surface area contributed by atoms with Gasteiger partial charge < -0.3 is 19.9 Å². The second-order valence-corrected chi connectivity index (χ2v) is 4.66. The van der Waals surface area contributed by atoms with E-state index < -0.39 is 0 Å². The van der Waals surface area contributed by atoms with Gasteiger partial charge in [-0.1, -0.05) is 12.1 Å². The number of hydrogen-bond acceptors (Lipinski definition) is 5. The van der Waals surface area contributed by atoms with Crippen LogP contribution < -0.4 is 10.6 Å². The molecule has 7 heteroatoms. The fourth-order valence-electron chi connectivity index (χ4n) is 2.10. The van der Waals surface area contributed by atoms with Crippen LogP contribution in [-0.4, -0.2) is 37.3 Å². The van der Waals surface area contributed by atoms with Crippen LogP contribution in [0.15, 0.2) is 10.6 Å². The van der Waals surface area contributed by atoms with Crippen molar-refractivity contribution < 1.29 is 14.1 Å². The van der Waals surface area contributed by atoms with Crippen molar-refractivity contribution in [2.75, 3.05) is 20.2 Å². The number of nitrogens with one attached hydrogen (secondary N) is 2. The number of amides is 1. The molecule has 0 bridgehead atoms. The second kappa shape index (κ2) is 7.47.